The number of carbonyl (C=O) groups excluding carboxylic acids is 1. The van der Waals surface area contributed by atoms with Crippen LogP contribution < -0.4 is 26.6 Å². The number of H-pyrrole nitrogens is 1. The maximum Gasteiger partial charge on any atom is 0.330 e. The lowest BCUT2D eigenvalue weighted by Crippen LogP contribution is -2.41. The van der Waals surface area contributed by atoms with E-state index in [2.05, 4.69) is 16.9 Å². The zero-order valence-electron chi connectivity index (χ0n) is 19.6. The lowest BCUT2D eigenvalue weighted by molar-refractivity contribution is 0.0986. The maximum atomic E-state index is 13.5. The molecule has 10 heteroatoms. The van der Waals surface area contributed by atoms with Crippen LogP contribution in [0.2, 0.25) is 0 Å². The van der Waals surface area contributed by atoms with E-state index in [1.807, 2.05) is 12.3 Å². The van der Waals surface area contributed by atoms with Crippen LogP contribution in [0.1, 0.15) is 62.0 Å². The van der Waals surface area contributed by atoms with Gasteiger partial charge >= 0.3 is 5.69 Å². The Kier molecular flexibility index (Phi) is 9.03. The van der Waals surface area contributed by atoms with Crippen LogP contribution in [0.4, 0.5) is 11.5 Å². The first kappa shape index (κ1) is 25.2. The third-order valence-corrected chi connectivity index (χ3v) is 6.06. The number of benzene rings is 1. The lowest BCUT2D eigenvalue weighted by atomic mass is 10.1. The molecule has 34 heavy (non-hydrogen) atoms. The molecule has 0 bridgehead atoms. The maximum absolute atomic E-state index is 13.5. The third kappa shape index (κ3) is 6.13. The number of hydrogen-bond donors (Lipinski definition) is 2. The number of aromatic amines is 1. The summed E-state index contributed by atoms with van der Waals surface area (Å²) in [5.41, 5.74) is 8.03. The molecule has 1 aromatic carbocycles. The van der Waals surface area contributed by atoms with Crippen molar-refractivity contribution in [1.29, 1.82) is 0 Å². The van der Waals surface area contributed by atoms with Crippen molar-refractivity contribution in [1.82, 2.24) is 14.5 Å². The molecule has 3 rings (SSSR count). The molecule has 1 amide bonds. The number of aromatic nitrogens is 3. The van der Waals surface area contributed by atoms with Crippen LogP contribution in [0.3, 0.4) is 0 Å². The molecule has 0 radical (unpaired) electrons. The number of nitrogen functional groups attached to an aromatic ring is 1. The smallest absolute Gasteiger partial charge is 0.330 e. The van der Waals surface area contributed by atoms with Gasteiger partial charge in [-0.15, -0.1) is 11.3 Å². The number of amides is 1. The second-order valence-electron chi connectivity index (χ2n) is 7.96. The van der Waals surface area contributed by atoms with Crippen LogP contribution in [0.5, 0.6) is 5.75 Å². The van der Waals surface area contributed by atoms with Gasteiger partial charge in [0.1, 0.15) is 18.2 Å². The highest BCUT2D eigenvalue weighted by atomic mass is 32.1. The van der Waals surface area contributed by atoms with E-state index in [0.29, 0.717) is 37.4 Å². The van der Waals surface area contributed by atoms with E-state index in [1.54, 1.807) is 29.8 Å². The molecule has 0 spiro atoms. The number of ether oxygens (including phenoxy) is 1. The van der Waals surface area contributed by atoms with Gasteiger partial charge in [-0.3, -0.25) is 19.1 Å². The number of hydrogen-bond acceptors (Lipinski definition) is 7. The Bertz CT molecular complexity index is 1190. The molecule has 2 aromatic heterocycles. The van der Waals surface area contributed by atoms with Crippen LogP contribution in [0, 0.1) is 0 Å². The van der Waals surface area contributed by atoms with Crippen molar-refractivity contribution >= 4 is 28.7 Å². The first-order chi connectivity index (χ1) is 16.5. The van der Waals surface area contributed by atoms with Gasteiger partial charge in [0.25, 0.3) is 11.5 Å². The summed E-state index contributed by atoms with van der Waals surface area (Å²) in [6.45, 7) is 5.08. The molecule has 9 nitrogen and oxygen atoms in total. The molecule has 0 aliphatic carbocycles. The largest absolute Gasteiger partial charge is 0.487 e. The highest BCUT2D eigenvalue weighted by molar-refractivity contribution is 7.07. The van der Waals surface area contributed by atoms with E-state index in [9.17, 15) is 14.4 Å². The zero-order chi connectivity index (χ0) is 24.5. The summed E-state index contributed by atoms with van der Waals surface area (Å²) in [6, 6.07) is 6.73. The van der Waals surface area contributed by atoms with Crippen LogP contribution in [0.15, 0.2) is 44.7 Å². The summed E-state index contributed by atoms with van der Waals surface area (Å²) >= 11 is 1.50. The molecule has 3 aromatic rings. The molecule has 0 unspecified atom stereocenters. The highest BCUT2D eigenvalue weighted by Crippen LogP contribution is 2.22. The number of carbonyl (C=O) groups is 1. The minimum atomic E-state index is -0.664. The lowest BCUT2D eigenvalue weighted by Gasteiger charge is -2.24. The fraction of sp³-hybridized carbons (Fsp3) is 0.417. The van der Waals surface area contributed by atoms with Gasteiger partial charge in [0, 0.05) is 24.0 Å². The van der Waals surface area contributed by atoms with Gasteiger partial charge in [0.05, 0.1) is 11.2 Å². The standard InChI is InChI=1S/C24H31N5O4S/c1-3-5-7-13-28(20-21(25)29(12-6-4-2)24(32)27-22(20)30)23(31)17-8-10-19(11-9-17)33-14-18-15-34-16-26-18/h8-11,15-16H,3-7,12-14,25H2,1-2H3,(H,27,30,32). The van der Waals surface area contributed by atoms with Gasteiger partial charge < -0.3 is 15.4 Å². The molecule has 0 saturated carbocycles. The molecule has 2 heterocycles. The van der Waals surface area contributed by atoms with Crippen LogP contribution in [-0.4, -0.2) is 27.0 Å². The number of nitrogens with zero attached hydrogens (tertiary/aromatic N) is 3. The number of rotatable bonds is 12. The van der Waals surface area contributed by atoms with Crippen molar-refractivity contribution < 1.29 is 9.53 Å². The Hall–Kier alpha value is -3.40. The second-order valence-corrected chi connectivity index (χ2v) is 8.67. The molecule has 182 valence electrons. The number of thiazole rings is 1. The number of unbranched alkanes of at least 4 members (excludes halogenated alkanes) is 3. The van der Waals surface area contributed by atoms with E-state index in [-0.39, 0.29) is 17.4 Å². The summed E-state index contributed by atoms with van der Waals surface area (Å²) < 4.78 is 7.05. The Balaban J connectivity index is 1.89. The van der Waals surface area contributed by atoms with Crippen LogP contribution in [0.25, 0.3) is 0 Å². The zero-order valence-corrected chi connectivity index (χ0v) is 20.4. The number of nitrogens with two attached hydrogens (primary N) is 1. The van der Waals surface area contributed by atoms with Gasteiger partial charge in [-0.1, -0.05) is 33.1 Å². The SMILES string of the molecule is CCCCCN(C(=O)c1ccc(OCc2cscn2)cc1)c1c(N)n(CCCC)c(=O)[nH]c1=O. The van der Waals surface area contributed by atoms with Crippen LogP contribution >= 0.6 is 11.3 Å². The molecular formula is C24H31N5O4S. The van der Waals surface area contributed by atoms with Crippen molar-refractivity contribution in [3.63, 3.8) is 0 Å². The predicted octanol–water partition coefficient (Wildman–Crippen LogP) is 3.79. The molecule has 0 fully saturated rings. The third-order valence-electron chi connectivity index (χ3n) is 5.42. The summed E-state index contributed by atoms with van der Waals surface area (Å²) in [4.78, 5) is 46.5. The van der Waals surface area contributed by atoms with Gasteiger partial charge in [-0.05, 0) is 37.1 Å². The van der Waals surface area contributed by atoms with Crippen molar-refractivity contribution in [2.24, 2.45) is 0 Å². The fourth-order valence-corrected chi connectivity index (χ4v) is 4.07. The van der Waals surface area contributed by atoms with E-state index >= 15 is 0 Å². The molecular weight excluding hydrogens is 454 g/mol. The minimum absolute atomic E-state index is 0.00950. The van der Waals surface area contributed by atoms with E-state index in [1.165, 1.54) is 20.8 Å². The minimum Gasteiger partial charge on any atom is -0.487 e. The average Bonchev–Trinajstić information content (AvgIpc) is 3.35. The summed E-state index contributed by atoms with van der Waals surface area (Å²) in [5, 5.41) is 1.91. The summed E-state index contributed by atoms with van der Waals surface area (Å²) in [7, 11) is 0. The van der Waals surface area contributed by atoms with E-state index in [4.69, 9.17) is 10.5 Å². The number of anilines is 2. The van der Waals surface area contributed by atoms with Crippen LogP contribution in [-0.2, 0) is 13.2 Å². The van der Waals surface area contributed by atoms with Crippen molar-refractivity contribution in [2.45, 2.75) is 59.1 Å². The monoisotopic (exact) mass is 485 g/mol. The Labute approximate surface area is 202 Å². The van der Waals surface area contributed by atoms with E-state index in [0.717, 1.165) is 31.4 Å². The number of nitrogens with one attached hydrogen (secondary N) is 1. The first-order valence-corrected chi connectivity index (χ1v) is 12.4. The van der Waals surface area contributed by atoms with Gasteiger partial charge in [-0.2, -0.15) is 0 Å². The Morgan fingerprint density at radius 2 is 1.88 bits per heavy atom. The normalized spacial score (nSPS) is 10.9. The Morgan fingerprint density at radius 3 is 2.53 bits per heavy atom. The van der Waals surface area contributed by atoms with E-state index < -0.39 is 11.2 Å². The quantitative estimate of drug-likeness (QED) is 0.376. The average molecular weight is 486 g/mol. The topological polar surface area (TPSA) is 123 Å². The van der Waals surface area contributed by atoms with Crippen molar-refractivity contribution in [2.75, 3.05) is 17.2 Å². The van der Waals surface area contributed by atoms with Crippen molar-refractivity contribution in [3.8, 4) is 5.75 Å². The molecule has 0 aliphatic heterocycles. The molecule has 0 atom stereocenters. The summed E-state index contributed by atoms with van der Waals surface area (Å²) in [5.74, 6) is 0.253. The highest BCUT2D eigenvalue weighted by Gasteiger charge is 2.25. The molecule has 0 saturated heterocycles. The van der Waals surface area contributed by atoms with Crippen molar-refractivity contribution in [3.05, 3.63) is 67.3 Å². The Morgan fingerprint density at radius 1 is 1.15 bits per heavy atom. The predicted molar refractivity (Wildman–Crippen MR) is 135 cm³/mol. The fourth-order valence-electron chi connectivity index (χ4n) is 3.53. The summed E-state index contributed by atoms with van der Waals surface area (Å²) in [6.07, 6.45) is 4.12. The second kappa shape index (κ2) is 12.2. The molecule has 0 aliphatic rings. The van der Waals surface area contributed by atoms with Gasteiger partial charge in [0.2, 0.25) is 0 Å². The van der Waals surface area contributed by atoms with Gasteiger partial charge in [0.15, 0.2) is 5.69 Å². The van der Waals surface area contributed by atoms with Gasteiger partial charge in [-0.25, -0.2) is 9.78 Å². The first-order valence-electron chi connectivity index (χ1n) is 11.5. The molecule has 3 N–H and O–H groups in total.